The van der Waals surface area contributed by atoms with Gasteiger partial charge < -0.3 is 4.90 Å². The van der Waals surface area contributed by atoms with Crippen LogP contribution in [0, 0.1) is 17.8 Å². The van der Waals surface area contributed by atoms with Crippen LogP contribution in [0.4, 0.5) is 0 Å². The fourth-order valence-corrected chi connectivity index (χ4v) is 2.95. The molecule has 2 unspecified atom stereocenters. The van der Waals surface area contributed by atoms with Crippen LogP contribution in [0.5, 0.6) is 0 Å². The highest BCUT2D eigenvalue weighted by Crippen LogP contribution is 2.41. The fourth-order valence-electron chi connectivity index (χ4n) is 2.95. The lowest BCUT2D eigenvalue weighted by Crippen LogP contribution is -2.44. The largest absolute Gasteiger partial charge is 0.300 e. The third kappa shape index (κ3) is 2.31. The molecule has 1 aliphatic heterocycles. The summed E-state index contributed by atoms with van der Waals surface area (Å²) in [6, 6.07) is 0.764. The van der Waals surface area contributed by atoms with Crippen molar-refractivity contribution < 1.29 is 0 Å². The van der Waals surface area contributed by atoms with Crippen molar-refractivity contribution in [1.82, 2.24) is 4.90 Å². The van der Waals surface area contributed by atoms with Gasteiger partial charge in [0.05, 0.1) is 0 Å². The Hall–Kier alpha value is -0.0400. The molecule has 1 saturated heterocycles. The molecule has 0 aromatic heterocycles. The van der Waals surface area contributed by atoms with Crippen LogP contribution >= 0.6 is 0 Å². The van der Waals surface area contributed by atoms with Crippen molar-refractivity contribution in [2.45, 2.75) is 53.5 Å². The second kappa shape index (κ2) is 5.16. The fraction of sp³-hybridized carbons (Fsp3) is 1.00. The number of fused-ring (bicyclic) bond motifs is 2. The van der Waals surface area contributed by atoms with Crippen molar-refractivity contribution in [2.24, 2.45) is 17.8 Å². The Labute approximate surface area is 89.9 Å². The molecule has 1 heterocycles. The van der Waals surface area contributed by atoms with Gasteiger partial charge in [-0.25, -0.2) is 0 Å². The highest BCUT2D eigenvalue weighted by atomic mass is 15.2. The lowest BCUT2D eigenvalue weighted by molar-refractivity contribution is 0.0924. The summed E-state index contributed by atoms with van der Waals surface area (Å²) in [6.45, 7) is 13.9. The van der Waals surface area contributed by atoms with Crippen LogP contribution in [0.3, 0.4) is 0 Å². The molecule has 1 aliphatic carbocycles. The first-order valence-corrected chi connectivity index (χ1v) is 6.42. The highest BCUT2D eigenvalue weighted by Gasteiger charge is 2.39. The van der Waals surface area contributed by atoms with E-state index in [0.29, 0.717) is 0 Å². The van der Waals surface area contributed by atoms with Crippen LogP contribution in [0.2, 0.25) is 0 Å². The van der Waals surface area contributed by atoms with E-state index in [1.54, 1.807) is 0 Å². The average molecular weight is 197 g/mol. The molecular formula is C13H27N. The number of rotatable bonds is 1. The molecule has 0 aromatic carbocycles. The molecule has 2 atom stereocenters. The molecule has 0 spiro atoms. The maximum Gasteiger partial charge on any atom is 0.00388 e. The molecule has 1 nitrogen and oxygen atoms in total. The molecule has 0 aromatic rings. The first-order valence-electron chi connectivity index (χ1n) is 6.42. The Bertz CT molecular complexity index is 151. The van der Waals surface area contributed by atoms with Gasteiger partial charge in [0.25, 0.3) is 0 Å². The zero-order chi connectivity index (χ0) is 10.7. The van der Waals surface area contributed by atoms with Gasteiger partial charge >= 0.3 is 0 Å². The van der Waals surface area contributed by atoms with Gasteiger partial charge in [-0.3, -0.25) is 0 Å². The molecule has 14 heavy (non-hydrogen) atoms. The Morgan fingerprint density at radius 2 is 1.43 bits per heavy atom. The summed E-state index contributed by atoms with van der Waals surface area (Å²) in [5, 5.41) is 0. The van der Waals surface area contributed by atoms with E-state index >= 15 is 0 Å². The smallest absolute Gasteiger partial charge is 0.00388 e. The van der Waals surface area contributed by atoms with Crippen LogP contribution < -0.4 is 0 Å². The van der Waals surface area contributed by atoms with Gasteiger partial charge in [-0.2, -0.15) is 0 Å². The molecule has 1 heteroatoms. The summed E-state index contributed by atoms with van der Waals surface area (Å²) in [5.41, 5.74) is 0. The molecule has 2 bridgehead atoms. The van der Waals surface area contributed by atoms with Crippen molar-refractivity contribution in [1.29, 1.82) is 0 Å². The Morgan fingerprint density at radius 3 is 1.79 bits per heavy atom. The van der Waals surface area contributed by atoms with E-state index < -0.39 is 0 Å². The summed E-state index contributed by atoms with van der Waals surface area (Å²) < 4.78 is 0. The summed E-state index contributed by atoms with van der Waals surface area (Å²) in [6.07, 6.45) is 2.99. The first-order chi connectivity index (χ1) is 6.68. The molecular weight excluding hydrogens is 170 g/mol. The molecule has 2 fully saturated rings. The predicted octanol–water partition coefficient (Wildman–Crippen LogP) is 3.40. The molecule has 0 N–H and O–H groups in total. The maximum absolute atomic E-state index is 2.67. The standard InChI is InChI=1S/C11H21N.C2H6/c1-8(2)12-6-10-4-5-11(7-12)9(10)3;1-2/h8-11H,4-7H2,1-3H3;1-2H3. The maximum atomic E-state index is 2.67. The summed E-state index contributed by atoms with van der Waals surface area (Å²) in [4.78, 5) is 2.67. The third-order valence-corrected chi connectivity index (χ3v) is 4.06. The molecule has 0 amide bonds. The van der Waals surface area contributed by atoms with Crippen molar-refractivity contribution in [3.8, 4) is 0 Å². The monoisotopic (exact) mass is 197 g/mol. The third-order valence-electron chi connectivity index (χ3n) is 4.06. The minimum Gasteiger partial charge on any atom is -0.300 e. The Balaban J connectivity index is 0.000000461. The van der Waals surface area contributed by atoms with Gasteiger partial charge in [-0.1, -0.05) is 20.8 Å². The molecule has 2 rings (SSSR count). The van der Waals surface area contributed by atoms with E-state index in [0.717, 1.165) is 23.8 Å². The van der Waals surface area contributed by atoms with Crippen LogP contribution in [-0.2, 0) is 0 Å². The highest BCUT2D eigenvalue weighted by molar-refractivity contribution is 4.91. The summed E-state index contributed by atoms with van der Waals surface area (Å²) in [7, 11) is 0. The van der Waals surface area contributed by atoms with E-state index in [-0.39, 0.29) is 0 Å². The minimum atomic E-state index is 0.764. The summed E-state index contributed by atoms with van der Waals surface area (Å²) >= 11 is 0. The first kappa shape index (κ1) is 12.0. The van der Waals surface area contributed by atoms with Crippen LogP contribution in [0.15, 0.2) is 0 Å². The number of likely N-dealkylation sites (tertiary alicyclic amines) is 1. The van der Waals surface area contributed by atoms with E-state index in [9.17, 15) is 0 Å². The molecule has 0 radical (unpaired) electrons. The molecule has 84 valence electrons. The van der Waals surface area contributed by atoms with Gasteiger partial charge in [0, 0.05) is 19.1 Å². The SMILES string of the molecule is CC.CC1C2CCC1CN(C(C)C)C2. The van der Waals surface area contributed by atoms with Crippen LogP contribution in [-0.4, -0.2) is 24.0 Å². The van der Waals surface area contributed by atoms with Crippen LogP contribution in [0.25, 0.3) is 0 Å². The normalized spacial score (nSPS) is 36.9. The zero-order valence-electron chi connectivity index (χ0n) is 10.6. The molecule has 1 saturated carbocycles. The van der Waals surface area contributed by atoms with Crippen molar-refractivity contribution >= 4 is 0 Å². The van der Waals surface area contributed by atoms with Crippen molar-refractivity contribution in [3.05, 3.63) is 0 Å². The van der Waals surface area contributed by atoms with Gasteiger partial charge in [0.15, 0.2) is 0 Å². The second-order valence-electron chi connectivity index (χ2n) is 5.00. The van der Waals surface area contributed by atoms with Gasteiger partial charge in [-0.05, 0) is 44.4 Å². The van der Waals surface area contributed by atoms with Crippen molar-refractivity contribution in [2.75, 3.05) is 13.1 Å². The number of nitrogens with zero attached hydrogens (tertiary/aromatic N) is 1. The zero-order valence-corrected chi connectivity index (χ0v) is 10.6. The van der Waals surface area contributed by atoms with E-state index in [2.05, 4.69) is 25.7 Å². The quantitative estimate of drug-likeness (QED) is 0.623. The van der Waals surface area contributed by atoms with E-state index in [1.165, 1.54) is 25.9 Å². The van der Waals surface area contributed by atoms with Crippen molar-refractivity contribution in [3.63, 3.8) is 0 Å². The number of hydrogen-bond donors (Lipinski definition) is 0. The lowest BCUT2D eigenvalue weighted by atomic mass is 9.86. The van der Waals surface area contributed by atoms with E-state index in [1.807, 2.05) is 13.8 Å². The predicted molar refractivity (Wildman–Crippen MR) is 63.4 cm³/mol. The topological polar surface area (TPSA) is 3.24 Å². The second-order valence-corrected chi connectivity index (χ2v) is 5.00. The average Bonchev–Trinajstić information content (AvgIpc) is 2.44. The molecule has 2 aliphatic rings. The van der Waals surface area contributed by atoms with Gasteiger partial charge in [0.2, 0.25) is 0 Å². The summed E-state index contributed by atoms with van der Waals surface area (Å²) in [5.74, 6) is 3.05. The Morgan fingerprint density at radius 1 is 1.00 bits per heavy atom. The Kier molecular flexibility index (Phi) is 4.43. The number of piperidine rings is 1. The van der Waals surface area contributed by atoms with Crippen LogP contribution in [0.1, 0.15) is 47.5 Å². The minimum absolute atomic E-state index is 0.764. The van der Waals surface area contributed by atoms with Gasteiger partial charge in [-0.15, -0.1) is 0 Å². The lowest BCUT2D eigenvalue weighted by Gasteiger charge is -2.38. The number of hydrogen-bond acceptors (Lipinski definition) is 1. The van der Waals surface area contributed by atoms with Gasteiger partial charge in [0.1, 0.15) is 0 Å². The van der Waals surface area contributed by atoms with E-state index in [4.69, 9.17) is 0 Å².